The predicted octanol–water partition coefficient (Wildman–Crippen LogP) is 0.299. The van der Waals surface area contributed by atoms with Gasteiger partial charge >= 0.3 is 5.97 Å². The van der Waals surface area contributed by atoms with Crippen molar-refractivity contribution in [3.8, 4) is 11.4 Å². The molecule has 1 heterocycles. The molecule has 0 aliphatic heterocycles. The molecule has 0 amide bonds. The summed E-state index contributed by atoms with van der Waals surface area (Å²) in [5, 5.41) is 25.1. The molecule has 0 saturated heterocycles. The molecule has 9 heteroatoms. The standard InChI is InChI=1S/C12H15N5O3S/c1-17(2)7-3-4-8(9(5-7)16-20)11-13-12(15-14-11)21-6-10(18)19/h3-5,16,20H,6H2,1-2H3,(H,18,19)(H,13,14,15)/p+1. The fourth-order valence-corrected chi connectivity index (χ4v) is 2.23. The van der Waals surface area contributed by atoms with Gasteiger partial charge in [-0.2, -0.15) is 5.48 Å². The van der Waals surface area contributed by atoms with E-state index in [2.05, 4.69) is 15.2 Å². The summed E-state index contributed by atoms with van der Waals surface area (Å²) in [7, 11) is 3.82. The van der Waals surface area contributed by atoms with Crippen LogP contribution in [-0.4, -0.2) is 51.3 Å². The lowest BCUT2D eigenvalue weighted by atomic mass is 10.1. The molecule has 1 aromatic heterocycles. The van der Waals surface area contributed by atoms with Crippen LogP contribution < -0.4 is 10.4 Å². The third kappa shape index (κ3) is 3.72. The minimum Gasteiger partial charge on any atom is -0.481 e. The average Bonchev–Trinajstić information content (AvgIpc) is 2.93. The van der Waals surface area contributed by atoms with Gasteiger partial charge in [-0.25, -0.2) is 10.2 Å². The van der Waals surface area contributed by atoms with E-state index >= 15 is 0 Å². The van der Waals surface area contributed by atoms with Crippen LogP contribution in [0.5, 0.6) is 0 Å². The number of carboxylic acids is 1. The molecule has 21 heavy (non-hydrogen) atoms. The first-order chi connectivity index (χ1) is 10.0. The Morgan fingerprint density at radius 3 is 2.86 bits per heavy atom. The van der Waals surface area contributed by atoms with Crippen LogP contribution in [0, 0.1) is 0 Å². The number of aromatic amines is 1. The summed E-state index contributed by atoms with van der Waals surface area (Å²) < 4.78 is 0. The van der Waals surface area contributed by atoms with Crippen molar-refractivity contribution in [3.63, 3.8) is 0 Å². The maximum Gasteiger partial charge on any atom is 0.313 e. The Balaban J connectivity index is 2.27. The zero-order valence-electron chi connectivity index (χ0n) is 11.6. The van der Waals surface area contributed by atoms with Crippen molar-refractivity contribution in [2.75, 3.05) is 24.7 Å². The summed E-state index contributed by atoms with van der Waals surface area (Å²) >= 11 is 1.03. The zero-order valence-corrected chi connectivity index (χ0v) is 12.4. The minimum atomic E-state index is -0.925. The predicted molar refractivity (Wildman–Crippen MR) is 77.9 cm³/mol. The molecule has 0 spiro atoms. The van der Waals surface area contributed by atoms with Crippen LogP contribution >= 0.6 is 11.8 Å². The fourth-order valence-electron chi connectivity index (χ4n) is 1.71. The SMILES string of the molecule is CN(C)c1ccc(-c2nc(SCC(=O)O)n[nH]2)c([NH2+]O)c1. The molecular weight excluding hydrogens is 294 g/mol. The molecule has 2 rings (SSSR count). The quantitative estimate of drug-likeness (QED) is 0.344. The second-order valence-corrected chi connectivity index (χ2v) is 5.39. The van der Waals surface area contributed by atoms with Crippen LogP contribution in [0.2, 0.25) is 0 Å². The van der Waals surface area contributed by atoms with Gasteiger partial charge in [0, 0.05) is 25.8 Å². The number of thioether (sulfide) groups is 1. The largest absolute Gasteiger partial charge is 0.481 e. The van der Waals surface area contributed by atoms with E-state index in [9.17, 15) is 10.0 Å². The second kappa shape index (κ2) is 6.57. The Bertz CT molecular complexity index is 644. The summed E-state index contributed by atoms with van der Waals surface area (Å²) in [6.45, 7) is 0. The molecule has 0 saturated carbocycles. The van der Waals surface area contributed by atoms with E-state index in [0.717, 1.165) is 22.9 Å². The normalized spacial score (nSPS) is 10.6. The Morgan fingerprint density at radius 1 is 1.48 bits per heavy atom. The van der Waals surface area contributed by atoms with Crippen LogP contribution in [-0.2, 0) is 4.79 Å². The van der Waals surface area contributed by atoms with Gasteiger partial charge in [-0.15, -0.1) is 5.10 Å². The van der Waals surface area contributed by atoms with E-state index in [-0.39, 0.29) is 5.75 Å². The van der Waals surface area contributed by atoms with Crippen molar-refractivity contribution in [3.05, 3.63) is 18.2 Å². The maximum absolute atomic E-state index is 10.5. The number of benzene rings is 1. The first-order valence-corrected chi connectivity index (χ1v) is 7.06. The van der Waals surface area contributed by atoms with Crippen molar-refractivity contribution >= 4 is 29.1 Å². The highest BCUT2D eigenvalue weighted by molar-refractivity contribution is 7.99. The van der Waals surface area contributed by atoms with Crippen LogP contribution in [0.15, 0.2) is 23.4 Å². The van der Waals surface area contributed by atoms with Gasteiger partial charge in [0.1, 0.15) is 0 Å². The second-order valence-electron chi connectivity index (χ2n) is 4.44. The van der Waals surface area contributed by atoms with Crippen molar-refractivity contribution in [1.29, 1.82) is 0 Å². The molecule has 8 nitrogen and oxygen atoms in total. The molecule has 112 valence electrons. The van der Waals surface area contributed by atoms with Crippen molar-refractivity contribution < 1.29 is 20.6 Å². The van der Waals surface area contributed by atoms with E-state index < -0.39 is 5.97 Å². The molecule has 0 aliphatic rings. The van der Waals surface area contributed by atoms with E-state index in [4.69, 9.17) is 5.11 Å². The number of nitrogens with one attached hydrogen (secondary N) is 1. The Hall–Kier alpha value is -2.10. The third-order valence-corrected chi connectivity index (χ3v) is 3.57. The number of aromatic nitrogens is 3. The lowest BCUT2D eigenvalue weighted by Crippen LogP contribution is -2.74. The van der Waals surface area contributed by atoms with Gasteiger partial charge in [0.05, 0.1) is 11.3 Å². The molecule has 0 fully saturated rings. The molecule has 2 aromatic rings. The number of quaternary nitrogens is 1. The molecule has 0 bridgehead atoms. The fraction of sp³-hybridized carbons (Fsp3) is 0.250. The molecule has 0 atom stereocenters. The van der Waals surface area contributed by atoms with Gasteiger partial charge in [-0.1, -0.05) is 11.8 Å². The van der Waals surface area contributed by atoms with Gasteiger partial charge in [0.25, 0.3) is 0 Å². The lowest BCUT2D eigenvalue weighted by molar-refractivity contribution is -0.825. The number of carboxylic acid groups (broad SMARTS) is 1. The maximum atomic E-state index is 10.5. The Morgan fingerprint density at radius 2 is 2.24 bits per heavy atom. The highest BCUT2D eigenvalue weighted by Crippen LogP contribution is 2.27. The van der Waals surface area contributed by atoms with Gasteiger partial charge in [-0.05, 0) is 12.1 Å². The van der Waals surface area contributed by atoms with Gasteiger partial charge in [0.15, 0.2) is 11.5 Å². The van der Waals surface area contributed by atoms with Crippen LogP contribution in [0.3, 0.4) is 0 Å². The first-order valence-electron chi connectivity index (χ1n) is 6.07. The van der Waals surface area contributed by atoms with Gasteiger partial charge in [0.2, 0.25) is 5.16 Å². The Labute approximate surface area is 125 Å². The molecule has 5 N–H and O–H groups in total. The molecule has 0 unspecified atom stereocenters. The number of rotatable bonds is 6. The van der Waals surface area contributed by atoms with Gasteiger partial charge < -0.3 is 10.0 Å². The lowest BCUT2D eigenvalue weighted by Gasteiger charge is -2.13. The molecule has 0 aliphatic carbocycles. The van der Waals surface area contributed by atoms with E-state index in [1.807, 2.05) is 37.2 Å². The van der Waals surface area contributed by atoms with Crippen molar-refractivity contribution in [1.82, 2.24) is 15.2 Å². The van der Waals surface area contributed by atoms with E-state index in [1.54, 1.807) is 0 Å². The van der Waals surface area contributed by atoms with Crippen LogP contribution in [0.1, 0.15) is 0 Å². The summed E-state index contributed by atoms with van der Waals surface area (Å²) in [4.78, 5) is 16.7. The summed E-state index contributed by atoms with van der Waals surface area (Å²) in [5.74, 6) is -0.546. The minimum absolute atomic E-state index is 0.101. The van der Waals surface area contributed by atoms with E-state index in [1.165, 1.54) is 0 Å². The highest BCUT2D eigenvalue weighted by Gasteiger charge is 2.15. The smallest absolute Gasteiger partial charge is 0.313 e. The highest BCUT2D eigenvalue weighted by atomic mass is 32.2. The Kier molecular flexibility index (Phi) is 4.78. The third-order valence-electron chi connectivity index (χ3n) is 2.74. The number of nitrogens with zero attached hydrogens (tertiary/aromatic N) is 3. The van der Waals surface area contributed by atoms with E-state index in [0.29, 0.717) is 22.2 Å². The topological polar surface area (TPSA) is 119 Å². The number of nitrogens with two attached hydrogens (primary N) is 1. The number of hydrogen-bond donors (Lipinski definition) is 4. The zero-order chi connectivity index (χ0) is 15.4. The number of H-pyrrole nitrogens is 1. The average molecular weight is 310 g/mol. The first kappa shape index (κ1) is 15.3. The number of aliphatic carboxylic acids is 1. The van der Waals surface area contributed by atoms with Crippen molar-refractivity contribution in [2.24, 2.45) is 0 Å². The molecular formula is C12H16N5O3S+. The summed E-state index contributed by atoms with van der Waals surface area (Å²) in [6.07, 6.45) is 0. The van der Waals surface area contributed by atoms with Crippen LogP contribution in [0.25, 0.3) is 11.4 Å². The molecule has 1 aromatic carbocycles. The summed E-state index contributed by atoms with van der Waals surface area (Å²) in [5.41, 5.74) is 3.25. The van der Waals surface area contributed by atoms with Crippen molar-refractivity contribution in [2.45, 2.75) is 5.16 Å². The number of hydrogen-bond acceptors (Lipinski definition) is 6. The number of anilines is 1. The monoisotopic (exact) mass is 310 g/mol. The van der Waals surface area contributed by atoms with Gasteiger partial charge in [-0.3, -0.25) is 9.89 Å². The molecule has 0 radical (unpaired) electrons. The van der Waals surface area contributed by atoms with Crippen LogP contribution in [0.4, 0.5) is 11.4 Å². The number of carbonyl (C=O) groups is 1. The summed E-state index contributed by atoms with van der Waals surface area (Å²) in [6, 6.07) is 5.54.